The molecule has 4 rings (SSSR count). The molecule has 1 N–H and O–H groups in total. The van der Waals surface area contributed by atoms with Gasteiger partial charge in [-0.3, -0.25) is 9.78 Å². The van der Waals surface area contributed by atoms with Crippen LogP contribution >= 0.6 is 11.3 Å². The molecule has 3 aromatic rings. The van der Waals surface area contributed by atoms with Gasteiger partial charge in [0.1, 0.15) is 0 Å². The van der Waals surface area contributed by atoms with Crippen LogP contribution in [0.25, 0.3) is 11.4 Å². The number of carbonyl (C=O) groups excluding carboxylic acids is 1. The molecule has 0 fully saturated rings. The Labute approximate surface area is 162 Å². The van der Waals surface area contributed by atoms with Crippen molar-refractivity contribution in [2.45, 2.75) is 39.7 Å². The van der Waals surface area contributed by atoms with E-state index < -0.39 is 0 Å². The molecule has 0 aromatic carbocycles. The number of aromatic nitrogens is 3. The van der Waals surface area contributed by atoms with Gasteiger partial charge >= 0.3 is 0 Å². The van der Waals surface area contributed by atoms with Gasteiger partial charge in [-0.15, -0.1) is 11.3 Å². The van der Waals surface area contributed by atoms with E-state index >= 15 is 0 Å². The summed E-state index contributed by atoms with van der Waals surface area (Å²) in [5.41, 5.74) is 4.05. The molecule has 0 aliphatic heterocycles. The van der Waals surface area contributed by atoms with E-state index in [0.717, 1.165) is 40.1 Å². The van der Waals surface area contributed by atoms with Gasteiger partial charge in [0.2, 0.25) is 0 Å². The quantitative estimate of drug-likeness (QED) is 0.736. The van der Waals surface area contributed by atoms with E-state index in [1.807, 2.05) is 36.7 Å². The summed E-state index contributed by atoms with van der Waals surface area (Å²) in [5, 5.41) is 5.17. The average Bonchev–Trinajstić information content (AvgIpc) is 3.07. The molecule has 0 saturated heterocycles. The maximum Gasteiger partial charge on any atom is 0.262 e. The first-order valence-electron chi connectivity index (χ1n) is 9.04. The van der Waals surface area contributed by atoms with E-state index in [1.54, 1.807) is 12.4 Å². The van der Waals surface area contributed by atoms with E-state index in [0.29, 0.717) is 5.82 Å². The number of carbonyl (C=O) groups is 1. The van der Waals surface area contributed by atoms with Crippen LogP contribution in [-0.4, -0.2) is 20.9 Å². The van der Waals surface area contributed by atoms with Crippen LogP contribution < -0.4 is 5.32 Å². The summed E-state index contributed by atoms with van der Waals surface area (Å²) in [7, 11) is 0. The number of thiophene rings is 1. The molecular formula is C21H22N4OS. The number of pyridine rings is 1. The zero-order chi connectivity index (χ0) is 19.0. The maximum absolute atomic E-state index is 12.8. The molecule has 138 valence electrons. The number of fused-ring (bicyclic) bond motifs is 1. The van der Waals surface area contributed by atoms with Gasteiger partial charge in [-0.05, 0) is 54.3 Å². The maximum atomic E-state index is 12.8. The lowest BCUT2D eigenvalue weighted by atomic mass is 9.74. The Balaban J connectivity index is 1.67. The topological polar surface area (TPSA) is 67.8 Å². The summed E-state index contributed by atoms with van der Waals surface area (Å²) >= 11 is 1.48. The van der Waals surface area contributed by atoms with Gasteiger partial charge in [-0.1, -0.05) is 13.8 Å². The predicted molar refractivity (Wildman–Crippen MR) is 107 cm³/mol. The van der Waals surface area contributed by atoms with Gasteiger partial charge in [0.05, 0.1) is 16.6 Å². The van der Waals surface area contributed by atoms with E-state index in [4.69, 9.17) is 4.98 Å². The molecule has 1 aliphatic rings. The van der Waals surface area contributed by atoms with Crippen LogP contribution in [0.4, 0.5) is 0 Å². The summed E-state index contributed by atoms with van der Waals surface area (Å²) < 4.78 is 0. The lowest BCUT2D eigenvalue weighted by Gasteiger charge is -2.36. The lowest BCUT2D eigenvalue weighted by Crippen LogP contribution is -2.37. The second-order valence-corrected chi connectivity index (χ2v) is 8.75. The van der Waals surface area contributed by atoms with Crippen LogP contribution in [0.5, 0.6) is 0 Å². The minimum atomic E-state index is -0.0794. The fourth-order valence-corrected chi connectivity index (χ4v) is 4.47. The number of hydrogen-bond acceptors (Lipinski definition) is 5. The van der Waals surface area contributed by atoms with Crippen molar-refractivity contribution in [2.24, 2.45) is 5.41 Å². The Morgan fingerprint density at radius 3 is 2.74 bits per heavy atom. The third-order valence-corrected chi connectivity index (χ3v) is 6.01. The van der Waals surface area contributed by atoms with E-state index in [-0.39, 0.29) is 17.4 Å². The predicted octanol–water partition coefficient (Wildman–Crippen LogP) is 4.35. The smallest absolute Gasteiger partial charge is 0.262 e. The second-order valence-electron chi connectivity index (χ2n) is 7.84. The molecule has 0 unspecified atom stereocenters. The zero-order valence-electron chi connectivity index (χ0n) is 15.7. The van der Waals surface area contributed by atoms with E-state index in [9.17, 15) is 4.79 Å². The SMILES string of the molecule is Cc1ccsc1C(=O)N[C@@H]1CC(C)(C)Cc2nc(-c3ccncc3)ncc21. The van der Waals surface area contributed by atoms with Crippen molar-refractivity contribution in [3.05, 3.63) is 63.9 Å². The van der Waals surface area contributed by atoms with Crippen molar-refractivity contribution in [1.82, 2.24) is 20.3 Å². The van der Waals surface area contributed by atoms with Crippen molar-refractivity contribution in [2.75, 3.05) is 0 Å². The molecule has 3 heterocycles. The first-order valence-corrected chi connectivity index (χ1v) is 9.92. The summed E-state index contributed by atoms with van der Waals surface area (Å²) in [6, 6.07) is 5.72. The van der Waals surface area contributed by atoms with Crippen LogP contribution in [0.3, 0.4) is 0 Å². The van der Waals surface area contributed by atoms with Crippen molar-refractivity contribution in [1.29, 1.82) is 0 Å². The van der Waals surface area contributed by atoms with Crippen molar-refractivity contribution >= 4 is 17.2 Å². The monoisotopic (exact) mass is 378 g/mol. The lowest BCUT2D eigenvalue weighted by molar-refractivity contribution is 0.0922. The molecule has 0 saturated carbocycles. The zero-order valence-corrected chi connectivity index (χ0v) is 16.5. The number of rotatable bonds is 3. The molecule has 1 atom stereocenters. The Bertz CT molecular complexity index is 981. The molecule has 27 heavy (non-hydrogen) atoms. The first kappa shape index (κ1) is 17.8. The molecule has 0 spiro atoms. The van der Waals surface area contributed by atoms with Crippen LogP contribution in [0, 0.1) is 12.3 Å². The van der Waals surface area contributed by atoms with Gasteiger partial charge in [-0.25, -0.2) is 9.97 Å². The summed E-state index contributed by atoms with van der Waals surface area (Å²) in [6.07, 6.45) is 7.10. The van der Waals surface area contributed by atoms with Gasteiger partial charge in [-0.2, -0.15) is 0 Å². The molecule has 1 amide bonds. The minimum Gasteiger partial charge on any atom is -0.344 e. The van der Waals surface area contributed by atoms with Gasteiger partial charge in [0.25, 0.3) is 5.91 Å². The average molecular weight is 379 g/mol. The molecule has 3 aromatic heterocycles. The summed E-state index contributed by atoms with van der Waals surface area (Å²) in [5.74, 6) is 0.683. The highest BCUT2D eigenvalue weighted by Gasteiger charge is 2.35. The fourth-order valence-electron chi connectivity index (χ4n) is 3.65. The highest BCUT2D eigenvalue weighted by molar-refractivity contribution is 7.12. The Hall–Kier alpha value is -2.60. The summed E-state index contributed by atoms with van der Waals surface area (Å²) in [4.78, 5) is 27.0. The molecule has 1 aliphatic carbocycles. The van der Waals surface area contributed by atoms with Gasteiger partial charge in [0, 0.05) is 29.7 Å². The third kappa shape index (κ3) is 3.62. The molecule has 5 nitrogen and oxygen atoms in total. The van der Waals surface area contributed by atoms with Crippen molar-refractivity contribution in [3.8, 4) is 11.4 Å². The van der Waals surface area contributed by atoms with Crippen LogP contribution in [0.15, 0.2) is 42.2 Å². The molecule has 0 radical (unpaired) electrons. The van der Waals surface area contributed by atoms with Crippen LogP contribution in [0.1, 0.15) is 52.8 Å². The van der Waals surface area contributed by atoms with E-state index in [2.05, 4.69) is 29.1 Å². The van der Waals surface area contributed by atoms with Gasteiger partial charge in [0.15, 0.2) is 5.82 Å². The third-order valence-electron chi connectivity index (χ3n) is 4.99. The normalized spacial score (nSPS) is 18.0. The summed E-state index contributed by atoms with van der Waals surface area (Å²) in [6.45, 7) is 6.41. The minimum absolute atomic E-state index is 0.0191. The molecule has 0 bridgehead atoms. The largest absolute Gasteiger partial charge is 0.344 e. The van der Waals surface area contributed by atoms with Gasteiger partial charge < -0.3 is 5.32 Å². The number of amides is 1. The standard InChI is InChI=1S/C21H22N4OS/c1-13-6-9-27-18(13)20(26)25-17-11-21(2,3)10-16-15(17)12-23-19(24-16)14-4-7-22-8-5-14/h4-9,12,17H,10-11H2,1-3H3,(H,25,26)/t17-/m1/s1. The Morgan fingerprint density at radius 2 is 2.04 bits per heavy atom. The number of nitrogens with one attached hydrogen (secondary N) is 1. The highest BCUT2D eigenvalue weighted by Crippen LogP contribution is 2.40. The Kier molecular flexibility index (Phi) is 4.52. The molecule has 6 heteroatoms. The van der Waals surface area contributed by atoms with Crippen molar-refractivity contribution < 1.29 is 4.79 Å². The number of nitrogens with zero attached hydrogens (tertiary/aromatic N) is 3. The number of hydrogen-bond donors (Lipinski definition) is 1. The highest BCUT2D eigenvalue weighted by atomic mass is 32.1. The fraction of sp³-hybridized carbons (Fsp3) is 0.333. The first-order chi connectivity index (χ1) is 12.9. The molecular weight excluding hydrogens is 356 g/mol. The number of aryl methyl sites for hydroxylation is 1. The van der Waals surface area contributed by atoms with Crippen LogP contribution in [0.2, 0.25) is 0 Å². The van der Waals surface area contributed by atoms with E-state index in [1.165, 1.54) is 11.3 Å². The van der Waals surface area contributed by atoms with Crippen LogP contribution in [-0.2, 0) is 6.42 Å². The Morgan fingerprint density at radius 1 is 1.26 bits per heavy atom. The second kappa shape index (κ2) is 6.85. The van der Waals surface area contributed by atoms with Crippen molar-refractivity contribution in [3.63, 3.8) is 0 Å².